The Labute approximate surface area is 185 Å². The fourth-order valence-corrected chi connectivity index (χ4v) is 4.40. The van der Waals surface area contributed by atoms with E-state index in [0.29, 0.717) is 12.0 Å². The predicted molar refractivity (Wildman–Crippen MR) is 123 cm³/mol. The lowest BCUT2D eigenvalue weighted by Crippen LogP contribution is -2.46. The molecule has 28 heavy (non-hydrogen) atoms. The van der Waals surface area contributed by atoms with Crippen molar-refractivity contribution in [1.82, 2.24) is 15.1 Å². The minimum atomic E-state index is 0. The Bertz CT molecular complexity index is 651. The molecular formula is C21H33IN4O2. The summed E-state index contributed by atoms with van der Waals surface area (Å²) < 4.78 is 11.3. The average Bonchev–Trinajstić information content (AvgIpc) is 3.22. The second kappa shape index (κ2) is 10.6. The van der Waals surface area contributed by atoms with E-state index in [0.717, 1.165) is 77.2 Å². The van der Waals surface area contributed by atoms with E-state index < -0.39 is 0 Å². The van der Waals surface area contributed by atoms with Gasteiger partial charge in [-0.3, -0.25) is 9.89 Å². The quantitative estimate of drug-likeness (QED) is 0.392. The number of guanidine groups is 1. The topological polar surface area (TPSA) is 49.3 Å². The van der Waals surface area contributed by atoms with Gasteiger partial charge in [-0.2, -0.15) is 0 Å². The number of ether oxygens (including phenoxy) is 2. The molecule has 1 N–H and O–H groups in total. The minimum Gasteiger partial charge on any atom is -0.493 e. The zero-order valence-corrected chi connectivity index (χ0v) is 19.1. The van der Waals surface area contributed by atoms with Crippen LogP contribution >= 0.6 is 24.0 Å². The van der Waals surface area contributed by atoms with Gasteiger partial charge in [0, 0.05) is 51.2 Å². The van der Waals surface area contributed by atoms with Gasteiger partial charge in [-0.1, -0.05) is 18.2 Å². The first-order valence-corrected chi connectivity index (χ1v) is 10.4. The lowest BCUT2D eigenvalue weighted by atomic mass is 9.93. The number of hydrogen-bond acceptors (Lipinski definition) is 4. The van der Waals surface area contributed by atoms with Crippen molar-refractivity contribution in [3.63, 3.8) is 0 Å². The Morgan fingerprint density at radius 1 is 1.14 bits per heavy atom. The molecule has 3 aliphatic rings. The lowest BCUT2D eigenvalue weighted by Gasteiger charge is -2.32. The number of benzene rings is 1. The van der Waals surface area contributed by atoms with Gasteiger partial charge in [0.05, 0.1) is 19.8 Å². The van der Waals surface area contributed by atoms with Gasteiger partial charge < -0.3 is 19.7 Å². The van der Waals surface area contributed by atoms with Crippen LogP contribution in [0.5, 0.6) is 5.75 Å². The second-order valence-electron chi connectivity index (χ2n) is 7.60. The highest BCUT2D eigenvalue weighted by molar-refractivity contribution is 14.0. The van der Waals surface area contributed by atoms with Crippen LogP contribution < -0.4 is 10.1 Å². The molecule has 0 amide bonds. The summed E-state index contributed by atoms with van der Waals surface area (Å²) in [7, 11) is 0. The molecule has 6 nitrogen and oxygen atoms in total. The third-order valence-corrected chi connectivity index (χ3v) is 5.90. The number of para-hydroxylation sites is 1. The van der Waals surface area contributed by atoms with Crippen molar-refractivity contribution in [2.75, 3.05) is 59.1 Å². The number of fused-ring (bicyclic) bond motifs is 1. The zero-order chi connectivity index (χ0) is 18.5. The molecule has 2 atom stereocenters. The average molecular weight is 500 g/mol. The van der Waals surface area contributed by atoms with E-state index in [1.807, 2.05) is 6.07 Å². The van der Waals surface area contributed by atoms with Gasteiger partial charge in [-0.25, -0.2) is 0 Å². The van der Waals surface area contributed by atoms with Gasteiger partial charge >= 0.3 is 0 Å². The number of hydrogen-bond donors (Lipinski definition) is 1. The van der Waals surface area contributed by atoms with Crippen molar-refractivity contribution in [3.05, 3.63) is 29.8 Å². The van der Waals surface area contributed by atoms with Crippen molar-refractivity contribution in [2.24, 2.45) is 4.99 Å². The molecule has 2 saturated heterocycles. The molecule has 0 aliphatic carbocycles. The number of halogens is 1. The van der Waals surface area contributed by atoms with E-state index in [2.05, 4.69) is 40.2 Å². The van der Waals surface area contributed by atoms with Crippen LogP contribution in [-0.4, -0.2) is 80.9 Å². The van der Waals surface area contributed by atoms with Gasteiger partial charge in [0.15, 0.2) is 5.96 Å². The van der Waals surface area contributed by atoms with Crippen LogP contribution in [0.3, 0.4) is 0 Å². The molecule has 7 heteroatoms. The predicted octanol–water partition coefficient (Wildman–Crippen LogP) is 2.54. The zero-order valence-electron chi connectivity index (χ0n) is 16.8. The number of aliphatic imine (C=N–C) groups is 1. The standard InChI is InChI=1S/C21H32N4O2.HI/c1-2-22-21(25-9-7-18(16-25)24-10-13-26-14-11-24)23-15-17-8-12-27-20-6-4-3-5-19(17)20;/h3-6,17-18H,2,7-16H2,1H3,(H,22,23);1H. The number of nitrogens with zero attached hydrogens (tertiary/aromatic N) is 3. The maximum atomic E-state index is 5.80. The van der Waals surface area contributed by atoms with Crippen molar-refractivity contribution in [1.29, 1.82) is 0 Å². The van der Waals surface area contributed by atoms with E-state index in [1.165, 1.54) is 12.0 Å². The molecule has 0 spiro atoms. The fraction of sp³-hybridized carbons (Fsp3) is 0.667. The summed E-state index contributed by atoms with van der Waals surface area (Å²) in [6, 6.07) is 9.03. The summed E-state index contributed by atoms with van der Waals surface area (Å²) in [4.78, 5) is 10.1. The first-order chi connectivity index (χ1) is 13.3. The van der Waals surface area contributed by atoms with Crippen molar-refractivity contribution in [2.45, 2.75) is 31.7 Å². The summed E-state index contributed by atoms with van der Waals surface area (Å²) in [5.74, 6) is 2.54. The molecule has 1 aromatic rings. The molecule has 3 heterocycles. The number of likely N-dealkylation sites (tertiary alicyclic amines) is 1. The Morgan fingerprint density at radius 3 is 2.79 bits per heavy atom. The van der Waals surface area contributed by atoms with Crippen molar-refractivity contribution in [3.8, 4) is 5.75 Å². The molecule has 1 aromatic carbocycles. The molecule has 0 aromatic heterocycles. The second-order valence-corrected chi connectivity index (χ2v) is 7.60. The molecule has 0 saturated carbocycles. The maximum absolute atomic E-state index is 5.80. The molecular weight excluding hydrogens is 467 g/mol. The smallest absolute Gasteiger partial charge is 0.193 e. The highest BCUT2D eigenvalue weighted by Gasteiger charge is 2.30. The van der Waals surface area contributed by atoms with E-state index >= 15 is 0 Å². The SMILES string of the molecule is CCNC(=NCC1CCOc2ccccc21)N1CCC(N2CCOCC2)C1.I. The highest BCUT2D eigenvalue weighted by Crippen LogP contribution is 2.33. The minimum absolute atomic E-state index is 0. The molecule has 156 valence electrons. The molecule has 4 rings (SSSR count). The fourth-order valence-electron chi connectivity index (χ4n) is 4.40. The van der Waals surface area contributed by atoms with Crippen LogP contribution in [0.1, 0.15) is 31.2 Å². The monoisotopic (exact) mass is 500 g/mol. The Balaban J connectivity index is 0.00000225. The summed E-state index contributed by atoms with van der Waals surface area (Å²) >= 11 is 0. The van der Waals surface area contributed by atoms with Crippen molar-refractivity contribution < 1.29 is 9.47 Å². The summed E-state index contributed by atoms with van der Waals surface area (Å²) in [6.07, 6.45) is 2.25. The van der Waals surface area contributed by atoms with E-state index in [4.69, 9.17) is 14.5 Å². The molecule has 0 radical (unpaired) electrons. The van der Waals surface area contributed by atoms with Crippen LogP contribution in [0.4, 0.5) is 0 Å². The van der Waals surface area contributed by atoms with Gasteiger partial charge in [-0.15, -0.1) is 24.0 Å². The number of rotatable bonds is 4. The third-order valence-electron chi connectivity index (χ3n) is 5.90. The molecule has 2 unspecified atom stereocenters. The highest BCUT2D eigenvalue weighted by atomic mass is 127. The van der Waals surface area contributed by atoms with E-state index in [-0.39, 0.29) is 24.0 Å². The summed E-state index contributed by atoms with van der Waals surface area (Å²) in [5.41, 5.74) is 1.30. The molecule has 0 bridgehead atoms. The van der Waals surface area contributed by atoms with Crippen LogP contribution in [-0.2, 0) is 4.74 Å². The lowest BCUT2D eigenvalue weighted by molar-refractivity contribution is 0.0195. The largest absolute Gasteiger partial charge is 0.493 e. The van der Waals surface area contributed by atoms with E-state index in [9.17, 15) is 0 Å². The first kappa shape index (κ1) is 21.6. The Kier molecular flexibility index (Phi) is 8.23. The molecule has 3 aliphatic heterocycles. The van der Waals surface area contributed by atoms with Gasteiger partial charge in [-0.05, 0) is 31.4 Å². The first-order valence-electron chi connectivity index (χ1n) is 10.4. The van der Waals surface area contributed by atoms with Gasteiger partial charge in [0.25, 0.3) is 0 Å². The van der Waals surface area contributed by atoms with Crippen LogP contribution in [0, 0.1) is 0 Å². The maximum Gasteiger partial charge on any atom is 0.193 e. The normalized spacial score (nSPS) is 25.6. The van der Waals surface area contributed by atoms with Crippen LogP contribution in [0.25, 0.3) is 0 Å². The van der Waals surface area contributed by atoms with Crippen LogP contribution in [0.15, 0.2) is 29.3 Å². The van der Waals surface area contributed by atoms with Crippen LogP contribution in [0.2, 0.25) is 0 Å². The number of morpholine rings is 1. The van der Waals surface area contributed by atoms with Gasteiger partial charge in [0.1, 0.15) is 5.75 Å². The van der Waals surface area contributed by atoms with Gasteiger partial charge in [0.2, 0.25) is 0 Å². The van der Waals surface area contributed by atoms with E-state index in [1.54, 1.807) is 0 Å². The number of nitrogens with one attached hydrogen (secondary N) is 1. The third kappa shape index (κ3) is 5.10. The Morgan fingerprint density at radius 2 is 1.96 bits per heavy atom. The summed E-state index contributed by atoms with van der Waals surface area (Å²) in [5, 5.41) is 3.51. The van der Waals surface area contributed by atoms with Crippen molar-refractivity contribution >= 4 is 29.9 Å². The summed E-state index contributed by atoms with van der Waals surface area (Å²) in [6.45, 7) is 10.7. The molecule has 2 fully saturated rings. The Hall–Kier alpha value is -1.06.